The molecule has 0 bridgehead atoms. The maximum atomic E-state index is 12.9. The van der Waals surface area contributed by atoms with Crippen LogP contribution in [0.1, 0.15) is 40.7 Å². The molecule has 1 aliphatic rings. The summed E-state index contributed by atoms with van der Waals surface area (Å²) in [6.45, 7) is 6.25. The number of nitrogens with one attached hydrogen (secondary N) is 1. The third-order valence-electron chi connectivity index (χ3n) is 6.06. The van der Waals surface area contributed by atoms with E-state index < -0.39 is 0 Å². The number of anilines is 1. The maximum Gasteiger partial charge on any atom is 0.321 e. The minimum atomic E-state index is -0.0315. The zero-order valence-corrected chi connectivity index (χ0v) is 19.2. The van der Waals surface area contributed by atoms with Crippen molar-refractivity contribution in [1.29, 1.82) is 0 Å². The first-order chi connectivity index (χ1) is 15.5. The number of benzene rings is 2. The van der Waals surface area contributed by atoms with Crippen LogP contribution in [0, 0.1) is 13.8 Å². The van der Waals surface area contributed by atoms with Crippen LogP contribution >= 0.6 is 11.3 Å². The third-order valence-corrected chi connectivity index (χ3v) is 7.25. The number of likely N-dealkylation sites (tertiary alicyclic amines) is 1. The molecule has 0 aliphatic carbocycles. The molecule has 0 atom stereocenters. The first-order valence-corrected chi connectivity index (χ1v) is 11.9. The standard InChI is InChI=1S/C25H27N5OS/c1-17-14-18(2)30(28-17)16-19-6-5-7-21(15-19)26-25(31)29-12-10-20(11-13-29)24-27-22-8-3-4-9-23(22)32-24/h3-9,14-15,20H,10-13,16H2,1-2H3,(H,26,31). The summed E-state index contributed by atoms with van der Waals surface area (Å²) in [5.41, 5.74) is 5.16. The number of para-hydroxylation sites is 1. The molecule has 7 heteroatoms. The number of carbonyl (C=O) groups is 1. The van der Waals surface area contributed by atoms with E-state index in [1.54, 1.807) is 11.3 Å². The van der Waals surface area contributed by atoms with Gasteiger partial charge in [0.15, 0.2) is 0 Å². The fourth-order valence-corrected chi connectivity index (χ4v) is 5.49. The molecule has 1 N–H and O–H groups in total. The van der Waals surface area contributed by atoms with Gasteiger partial charge in [0, 0.05) is 30.4 Å². The van der Waals surface area contributed by atoms with Crippen LogP contribution in [0.4, 0.5) is 10.5 Å². The van der Waals surface area contributed by atoms with Crippen molar-refractivity contribution in [3.05, 3.63) is 76.6 Å². The highest BCUT2D eigenvalue weighted by Crippen LogP contribution is 2.33. The van der Waals surface area contributed by atoms with E-state index in [1.807, 2.05) is 40.8 Å². The molecule has 0 spiro atoms. The van der Waals surface area contributed by atoms with Crippen LogP contribution in [-0.2, 0) is 6.54 Å². The smallest absolute Gasteiger partial charge is 0.321 e. The third kappa shape index (κ3) is 4.39. The molecule has 0 saturated carbocycles. The van der Waals surface area contributed by atoms with E-state index >= 15 is 0 Å². The molecule has 2 amide bonds. The lowest BCUT2D eigenvalue weighted by Gasteiger charge is -2.31. The average Bonchev–Trinajstić information content (AvgIpc) is 3.36. The Kier molecular flexibility index (Phi) is 5.66. The van der Waals surface area contributed by atoms with Crippen LogP contribution in [0.3, 0.4) is 0 Å². The summed E-state index contributed by atoms with van der Waals surface area (Å²) in [5.74, 6) is 0.431. The van der Waals surface area contributed by atoms with Crippen molar-refractivity contribution in [3.63, 3.8) is 0 Å². The van der Waals surface area contributed by atoms with E-state index in [9.17, 15) is 4.79 Å². The molecule has 3 heterocycles. The molecule has 0 radical (unpaired) electrons. The molecule has 5 rings (SSSR count). The van der Waals surface area contributed by atoms with E-state index in [-0.39, 0.29) is 6.03 Å². The average molecular weight is 446 g/mol. The number of hydrogen-bond donors (Lipinski definition) is 1. The van der Waals surface area contributed by atoms with Crippen molar-refractivity contribution < 1.29 is 4.79 Å². The number of urea groups is 1. The van der Waals surface area contributed by atoms with Gasteiger partial charge in [-0.1, -0.05) is 24.3 Å². The molecule has 32 heavy (non-hydrogen) atoms. The van der Waals surface area contributed by atoms with Gasteiger partial charge in [0.1, 0.15) is 0 Å². The topological polar surface area (TPSA) is 63.1 Å². The second-order valence-electron chi connectivity index (χ2n) is 8.50. The van der Waals surface area contributed by atoms with Crippen LogP contribution < -0.4 is 5.32 Å². The summed E-state index contributed by atoms with van der Waals surface area (Å²) >= 11 is 1.78. The molecule has 1 fully saturated rings. The number of rotatable bonds is 4. The highest BCUT2D eigenvalue weighted by atomic mass is 32.1. The summed E-state index contributed by atoms with van der Waals surface area (Å²) in [4.78, 5) is 19.6. The van der Waals surface area contributed by atoms with Crippen LogP contribution in [0.2, 0.25) is 0 Å². The Bertz CT molecular complexity index is 1220. The molecular formula is C25H27N5OS. The Morgan fingerprint density at radius 3 is 2.66 bits per heavy atom. The van der Waals surface area contributed by atoms with Crippen LogP contribution in [0.15, 0.2) is 54.6 Å². The normalized spacial score (nSPS) is 14.8. The predicted octanol–water partition coefficient (Wildman–Crippen LogP) is 5.57. The SMILES string of the molecule is Cc1cc(C)n(Cc2cccc(NC(=O)N3CCC(c4nc5ccccc5s4)CC3)c2)n1. The Morgan fingerprint density at radius 1 is 1.09 bits per heavy atom. The summed E-state index contributed by atoms with van der Waals surface area (Å²) < 4.78 is 3.23. The van der Waals surface area contributed by atoms with Crippen molar-refractivity contribution >= 4 is 33.3 Å². The van der Waals surface area contributed by atoms with Gasteiger partial charge in [-0.05, 0) is 62.6 Å². The van der Waals surface area contributed by atoms with Gasteiger partial charge in [-0.25, -0.2) is 9.78 Å². The largest absolute Gasteiger partial charge is 0.324 e. The lowest BCUT2D eigenvalue weighted by molar-refractivity contribution is 0.194. The Labute approximate surface area is 191 Å². The van der Waals surface area contributed by atoms with Gasteiger partial charge < -0.3 is 10.2 Å². The van der Waals surface area contributed by atoms with Gasteiger partial charge in [-0.3, -0.25) is 4.68 Å². The molecule has 2 aromatic heterocycles. The zero-order chi connectivity index (χ0) is 22.1. The molecular weight excluding hydrogens is 418 g/mol. The van der Waals surface area contributed by atoms with Crippen molar-refractivity contribution in [2.24, 2.45) is 0 Å². The Hall–Kier alpha value is -3.19. The van der Waals surface area contributed by atoms with E-state index in [0.29, 0.717) is 12.5 Å². The van der Waals surface area contributed by atoms with E-state index in [1.165, 1.54) is 9.71 Å². The first kappa shape index (κ1) is 20.7. The Balaban J connectivity index is 1.19. The Morgan fingerprint density at radius 2 is 1.91 bits per heavy atom. The van der Waals surface area contributed by atoms with Gasteiger partial charge in [-0.15, -0.1) is 11.3 Å². The summed E-state index contributed by atoms with van der Waals surface area (Å²) in [7, 11) is 0. The lowest BCUT2D eigenvalue weighted by Crippen LogP contribution is -2.40. The number of nitrogens with zero attached hydrogens (tertiary/aromatic N) is 4. The number of fused-ring (bicyclic) bond motifs is 1. The van der Waals surface area contributed by atoms with Crippen LogP contribution in [0.5, 0.6) is 0 Å². The molecule has 164 valence electrons. The predicted molar refractivity (Wildman–Crippen MR) is 129 cm³/mol. The second kappa shape index (κ2) is 8.74. The highest BCUT2D eigenvalue weighted by molar-refractivity contribution is 7.18. The van der Waals surface area contributed by atoms with Gasteiger partial charge in [0.05, 0.1) is 27.5 Å². The molecule has 1 aliphatic heterocycles. The molecule has 1 saturated heterocycles. The summed E-state index contributed by atoms with van der Waals surface area (Å²) in [6.07, 6.45) is 1.90. The fourth-order valence-electron chi connectivity index (χ4n) is 4.35. The minimum Gasteiger partial charge on any atom is -0.324 e. The van der Waals surface area contributed by atoms with Crippen molar-refractivity contribution in [3.8, 4) is 0 Å². The van der Waals surface area contributed by atoms with Gasteiger partial charge in [0.2, 0.25) is 0 Å². The second-order valence-corrected chi connectivity index (χ2v) is 9.56. The molecule has 2 aromatic carbocycles. The van der Waals surface area contributed by atoms with E-state index in [4.69, 9.17) is 4.98 Å². The lowest BCUT2D eigenvalue weighted by atomic mass is 9.98. The number of piperidine rings is 1. The number of hydrogen-bond acceptors (Lipinski definition) is 4. The summed E-state index contributed by atoms with van der Waals surface area (Å²) in [6, 6.07) is 18.3. The maximum absolute atomic E-state index is 12.9. The van der Waals surface area contributed by atoms with E-state index in [0.717, 1.165) is 54.1 Å². The van der Waals surface area contributed by atoms with E-state index in [2.05, 4.69) is 47.7 Å². The molecule has 6 nitrogen and oxygen atoms in total. The zero-order valence-electron chi connectivity index (χ0n) is 18.4. The molecule has 0 unspecified atom stereocenters. The highest BCUT2D eigenvalue weighted by Gasteiger charge is 2.26. The van der Waals surface area contributed by atoms with Gasteiger partial charge in [-0.2, -0.15) is 5.10 Å². The van der Waals surface area contributed by atoms with Crippen molar-refractivity contribution in [1.82, 2.24) is 19.7 Å². The fraction of sp³-hybridized carbons (Fsp3) is 0.320. The van der Waals surface area contributed by atoms with Crippen LogP contribution in [0.25, 0.3) is 10.2 Å². The first-order valence-electron chi connectivity index (χ1n) is 11.1. The minimum absolute atomic E-state index is 0.0315. The van der Waals surface area contributed by atoms with Gasteiger partial charge in [0.25, 0.3) is 0 Å². The number of thiazole rings is 1. The quantitative estimate of drug-likeness (QED) is 0.447. The molecule has 4 aromatic rings. The number of aromatic nitrogens is 3. The van der Waals surface area contributed by atoms with Crippen molar-refractivity contribution in [2.75, 3.05) is 18.4 Å². The number of aryl methyl sites for hydroxylation is 2. The number of amides is 2. The monoisotopic (exact) mass is 445 g/mol. The number of carbonyl (C=O) groups excluding carboxylic acids is 1. The summed E-state index contributed by atoms with van der Waals surface area (Å²) in [5, 5.41) is 8.81. The van der Waals surface area contributed by atoms with Crippen molar-refractivity contribution in [2.45, 2.75) is 39.2 Å². The van der Waals surface area contributed by atoms with Crippen LogP contribution in [-0.4, -0.2) is 38.8 Å². The van der Waals surface area contributed by atoms with Gasteiger partial charge >= 0.3 is 6.03 Å².